The zero-order valence-corrected chi connectivity index (χ0v) is 12.2. The van der Waals surface area contributed by atoms with Gasteiger partial charge in [-0.1, -0.05) is 13.8 Å². The summed E-state index contributed by atoms with van der Waals surface area (Å²) in [5.74, 6) is -2.79. The van der Waals surface area contributed by atoms with E-state index < -0.39 is 23.5 Å². The van der Waals surface area contributed by atoms with E-state index in [9.17, 15) is 13.2 Å². The van der Waals surface area contributed by atoms with Gasteiger partial charge in [-0.2, -0.15) is 0 Å². The van der Waals surface area contributed by atoms with Gasteiger partial charge in [0.1, 0.15) is 10.8 Å². The Balaban J connectivity index is 2.43. The van der Waals surface area contributed by atoms with Crippen LogP contribution in [0.15, 0.2) is 17.5 Å². The van der Waals surface area contributed by atoms with Gasteiger partial charge in [0.2, 0.25) is 0 Å². The Morgan fingerprint density at radius 2 is 1.75 bits per heavy atom. The molecule has 0 aliphatic heterocycles. The molecule has 2 rings (SSSR count). The maximum absolute atomic E-state index is 13.8. The van der Waals surface area contributed by atoms with Crippen molar-refractivity contribution in [3.8, 4) is 0 Å². The number of aromatic nitrogens is 1. The van der Waals surface area contributed by atoms with E-state index in [1.54, 1.807) is 7.05 Å². The molecule has 0 saturated carbocycles. The molecule has 0 amide bonds. The van der Waals surface area contributed by atoms with Gasteiger partial charge in [-0.3, -0.25) is 0 Å². The summed E-state index contributed by atoms with van der Waals surface area (Å²) in [6.07, 6.45) is 0. The van der Waals surface area contributed by atoms with Crippen molar-refractivity contribution in [3.05, 3.63) is 51.2 Å². The van der Waals surface area contributed by atoms with Crippen LogP contribution in [0.1, 0.15) is 42.1 Å². The highest BCUT2D eigenvalue weighted by Gasteiger charge is 2.22. The van der Waals surface area contributed by atoms with Crippen LogP contribution in [0.4, 0.5) is 13.2 Å². The molecule has 0 fully saturated rings. The van der Waals surface area contributed by atoms with E-state index in [4.69, 9.17) is 0 Å². The first-order valence-electron chi connectivity index (χ1n) is 6.21. The van der Waals surface area contributed by atoms with E-state index in [0.717, 1.165) is 11.8 Å². The molecule has 1 aromatic carbocycles. The van der Waals surface area contributed by atoms with Crippen molar-refractivity contribution >= 4 is 11.3 Å². The van der Waals surface area contributed by atoms with Gasteiger partial charge >= 0.3 is 0 Å². The number of rotatable bonds is 4. The smallest absolute Gasteiger partial charge is 0.161 e. The summed E-state index contributed by atoms with van der Waals surface area (Å²) < 4.78 is 40.2. The molecule has 0 bridgehead atoms. The molecule has 2 aromatic rings. The van der Waals surface area contributed by atoms with Crippen LogP contribution in [0, 0.1) is 17.5 Å². The number of nitrogens with zero attached hydrogens (tertiary/aromatic N) is 1. The third-order valence-corrected chi connectivity index (χ3v) is 3.95. The Morgan fingerprint density at radius 3 is 2.30 bits per heavy atom. The minimum atomic E-state index is -1.19. The van der Waals surface area contributed by atoms with Crippen molar-refractivity contribution < 1.29 is 13.2 Å². The van der Waals surface area contributed by atoms with Crippen LogP contribution in [-0.4, -0.2) is 12.0 Å². The van der Waals surface area contributed by atoms with Crippen LogP contribution >= 0.6 is 11.3 Å². The summed E-state index contributed by atoms with van der Waals surface area (Å²) in [4.78, 5) is 4.42. The molecule has 0 spiro atoms. The quantitative estimate of drug-likeness (QED) is 0.864. The average Bonchev–Trinajstić information content (AvgIpc) is 2.86. The maximum Gasteiger partial charge on any atom is 0.161 e. The average molecular weight is 300 g/mol. The van der Waals surface area contributed by atoms with Crippen molar-refractivity contribution in [2.75, 3.05) is 7.05 Å². The van der Waals surface area contributed by atoms with E-state index in [2.05, 4.69) is 10.3 Å². The van der Waals surface area contributed by atoms with Crippen molar-refractivity contribution in [1.82, 2.24) is 10.3 Å². The standard InChI is InChI=1S/C14H15F3N2S/c1-7(2)12-6-20-14(19-12)13(18-3)8-4-10(16)11(17)5-9(8)15/h4-7,13,18H,1-3H3. The summed E-state index contributed by atoms with van der Waals surface area (Å²) in [7, 11) is 1.63. The minimum Gasteiger partial charge on any atom is -0.307 e. The molecule has 20 heavy (non-hydrogen) atoms. The Labute approximate surface area is 119 Å². The Hall–Kier alpha value is -1.40. The van der Waals surface area contributed by atoms with Crippen molar-refractivity contribution in [2.24, 2.45) is 0 Å². The highest BCUT2D eigenvalue weighted by Crippen LogP contribution is 2.29. The fourth-order valence-corrected chi connectivity index (χ4v) is 2.98. The first-order valence-corrected chi connectivity index (χ1v) is 7.09. The molecular formula is C14H15F3N2S. The summed E-state index contributed by atoms with van der Waals surface area (Å²) in [6, 6.07) is 0.844. The van der Waals surface area contributed by atoms with Gasteiger partial charge in [-0.25, -0.2) is 18.2 Å². The lowest BCUT2D eigenvalue weighted by Crippen LogP contribution is -2.19. The first kappa shape index (κ1) is 15.0. The number of halogens is 3. The zero-order chi connectivity index (χ0) is 14.9. The molecule has 1 heterocycles. The van der Waals surface area contributed by atoms with Gasteiger partial charge in [0.25, 0.3) is 0 Å². The fourth-order valence-electron chi connectivity index (χ4n) is 1.87. The largest absolute Gasteiger partial charge is 0.307 e. The Bertz CT molecular complexity index is 610. The van der Waals surface area contributed by atoms with Gasteiger partial charge in [0, 0.05) is 17.0 Å². The second kappa shape index (κ2) is 5.93. The summed E-state index contributed by atoms with van der Waals surface area (Å²) in [6.45, 7) is 4.01. The molecule has 0 aliphatic carbocycles. The van der Waals surface area contributed by atoms with Gasteiger partial charge in [-0.15, -0.1) is 11.3 Å². The first-order chi connectivity index (χ1) is 9.43. The summed E-state index contributed by atoms with van der Waals surface area (Å²) in [5.41, 5.74) is 0.948. The van der Waals surface area contributed by atoms with Gasteiger partial charge in [0.05, 0.1) is 11.7 Å². The van der Waals surface area contributed by atoms with E-state index in [1.807, 2.05) is 19.2 Å². The van der Waals surface area contributed by atoms with Crippen LogP contribution < -0.4 is 5.32 Å². The van der Waals surface area contributed by atoms with Crippen LogP contribution in [0.3, 0.4) is 0 Å². The second-order valence-electron chi connectivity index (χ2n) is 4.77. The van der Waals surface area contributed by atoms with Gasteiger partial charge in [0.15, 0.2) is 11.6 Å². The number of hydrogen-bond acceptors (Lipinski definition) is 3. The van der Waals surface area contributed by atoms with Crippen molar-refractivity contribution in [3.63, 3.8) is 0 Å². The number of thiazole rings is 1. The minimum absolute atomic E-state index is 0.0519. The van der Waals surface area contributed by atoms with Crippen LogP contribution in [-0.2, 0) is 0 Å². The summed E-state index contributed by atoms with van der Waals surface area (Å²) in [5, 5.41) is 5.41. The SMILES string of the molecule is CNC(c1nc(C(C)C)cs1)c1cc(F)c(F)cc1F. The lowest BCUT2D eigenvalue weighted by Gasteiger charge is -2.15. The third-order valence-electron chi connectivity index (χ3n) is 3.02. The maximum atomic E-state index is 13.8. The number of hydrogen-bond donors (Lipinski definition) is 1. The number of benzene rings is 1. The van der Waals surface area contributed by atoms with E-state index in [1.165, 1.54) is 11.3 Å². The third kappa shape index (κ3) is 2.86. The Kier molecular flexibility index (Phi) is 4.45. The molecule has 1 aromatic heterocycles. The molecule has 0 aliphatic rings. The normalized spacial score (nSPS) is 12.9. The summed E-state index contributed by atoms with van der Waals surface area (Å²) >= 11 is 1.37. The highest BCUT2D eigenvalue weighted by atomic mass is 32.1. The van der Waals surface area contributed by atoms with E-state index >= 15 is 0 Å². The zero-order valence-electron chi connectivity index (χ0n) is 11.4. The Morgan fingerprint density at radius 1 is 1.10 bits per heavy atom. The molecule has 6 heteroatoms. The lowest BCUT2D eigenvalue weighted by molar-refractivity contribution is 0.483. The van der Waals surface area contributed by atoms with Crippen molar-refractivity contribution in [2.45, 2.75) is 25.8 Å². The predicted molar refractivity (Wildman–Crippen MR) is 73.4 cm³/mol. The van der Waals surface area contributed by atoms with E-state index in [0.29, 0.717) is 11.1 Å². The highest BCUT2D eigenvalue weighted by molar-refractivity contribution is 7.09. The van der Waals surface area contributed by atoms with Crippen LogP contribution in [0.5, 0.6) is 0 Å². The van der Waals surface area contributed by atoms with E-state index in [-0.39, 0.29) is 11.5 Å². The van der Waals surface area contributed by atoms with Crippen LogP contribution in [0.25, 0.3) is 0 Å². The molecule has 1 unspecified atom stereocenters. The molecule has 108 valence electrons. The van der Waals surface area contributed by atoms with Gasteiger partial charge in [-0.05, 0) is 19.0 Å². The molecule has 2 nitrogen and oxygen atoms in total. The number of nitrogens with one attached hydrogen (secondary N) is 1. The van der Waals surface area contributed by atoms with Crippen LogP contribution in [0.2, 0.25) is 0 Å². The fraction of sp³-hybridized carbons (Fsp3) is 0.357. The lowest BCUT2D eigenvalue weighted by atomic mass is 10.1. The topological polar surface area (TPSA) is 24.9 Å². The molecule has 0 saturated heterocycles. The van der Waals surface area contributed by atoms with Gasteiger partial charge < -0.3 is 5.32 Å². The molecule has 0 radical (unpaired) electrons. The molecule has 1 N–H and O–H groups in total. The second-order valence-corrected chi connectivity index (χ2v) is 5.66. The monoisotopic (exact) mass is 300 g/mol. The molecular weight excluding hydrogens is 285 g/mol. The van der Waals surface area contributed by atoms with Crippen molar-refractivity contribution in [1.29, 1.82) is 0 Å². The molecule has 1 atom stereocenters. The predicted octanol–water partition coefficient (Wildman–Crippen LogP) is 3.99.